The van der Waals surface area contributed by atoms with Crippen LogP contribution in [-0.2, 0) is 20.2 Å². The number of nitrogens with zero attached hydrogens (tertiary/aromatic N) is 8. The molecule has 0 spiro atoms. The van der Waals surface area contributed by atoms with Crippen molar-refractivity contribution in [3.05, 3.63) is 176 Å². The van der Waals surface area contributed by atoms with Gasteiger partial charge in [-0.15, -0.1) is 10.2 Å². The third kappa shape index (κ3) is 11.3. The Morgan fingerprint density at radius 1 is 0.500 bits per heavy atom. The number of hydrogen-bond acceptors (Lipinski definition) is 18. The summed E-state index contributed by atoms with van der Waals surface area (Å²) in [6.45, 7) is 0. The van der Waals surface area contributed by atoms with E-state index in [0.717, 1.165) is 12.2 Å². The molecule has 1 aromatic carbocycles. The molecule has 0 saturated heterocycles. The third-order valence-corrected chi connectivity index (χ3v) is 10.8. The monoisotopic (exact) mass is 952 g/mol. The van der Waals surface area contributed by atoms with Crippen LogP contribution in [0.3, 0.4) is 0 Å². The molecule has 322 valence electrons. The van der Waals surface area contributed by atoms with E-state index in [1.165, 1.54) is 109 Å². The van der Waals surface area contributed by atoms with Gasteiger partial charge in [-0.05, 0) is 102 Å². The molecule has 2 amide bonds. The van der Waals surface area contributed by atoms with Gasteiger partial charge in [-0.25, -0.2) is 47.6 Å². The van der Waals surface area contributed by atoms with Crippen molar-refractivity contribution in [3.63, 3.8) is 0 Å². The number of aliphatic hydroxyl groups is 2. The molecule has 0 bridgehead atoms. The average molecular weight is 953 g/mol. The zero-order valence-corrected chi connectivity index (χ0v) is 39.5. The van der Waals surface area contributed by atoms with E-state index in [0.29, 0.717) is 0 Å². The number of amides is 2. The van der Waals surface area contributed by atoms with Crippen LogP contribution in [-0.4, -0.2) is 124 Å². The molecule has 22 nitrogen and oxygen atoms in total. The van der Waals surface area contributed by atoms with Crippen molar-refractivity contribution in [2.45, 2.75) is 0 Å². The van der Waals surface area contributed by atoms with Crippen molar-refractivity contribution >= 4 is 77.7 Å². The Balaban J connectivity index is 0.00000408. The SMILES string of the molecule is O=C(N=C1C=CC2=C(O)C(=NN=C3C=CC(=[N+](O)O)C=C3)C(S(=O)(=O)[O-])=CC2=C1)c1cccc(C(=O)N=C2C=CC3=C(O)C(=NN=C4C=CC(=[N+](O)O)C=C4)C(S(=O)(=O)[O-])=CC3=C2)c1.[Na+].[Na+]. The zero-order valence-electron chi connectivity index (χ0n) is 33.9. The number of benzene rings is 1. The number of fused-ring (bicyclic) bond motifs is 2. The normalized spacial score (nSPS) is 20.0. The number of hydrogen-bond donors (Lipinski definition) is 6. The Kier molecular flexibility index (Phi) is 15.5. The summed E-state index contributed by atoms with van der Waals surface area (Å²) < 4.78 is 73.5. The van der Waals surface area contributed by atoms with Crippen molar-refractivity contribution in [2.24, 2.45) is 30.4 Å². The molecule has 0 aliphatic heterocycles. The van der Waals surface area contributed by atoms with Crippen LogP contribution in [0.25, 0.3) is 0 Å². The summed E-state index contributed by atoms with van der Waals surface area (Å²) in [5, 5.41) is 73.6. The van der Waals surface area contributed by atoms with Gasteiger partial charge in [0, 0.05) is 46.6 Å². The molecule has 26 heteroatoms. The zero-order chi connectivity index (χ0) is 46.1. The van der Waals surface area contributed by atoms with Crippen molar-refractivity contribution in [1.82, 2.24) is 0 Å². The standard InChI is InChI=1S/C40H26N8O14S2.2Na/c49-37-31-14-8-27(17-23(31)19-33(63(57,58)59)35(37)45-43-25-4-10-29(11-5-25)47(53)54)41-39(51)21-2-1-3-22(16-21)40(52)42-28-9-15-32-24(18-28)20-34(64(60,61)62)36(38(32)50)46-44-26-6-12-30(13-7-26)48(55)56;;/h1-20H,(H6-2,41,42,43,44,49,50,51,52,53,54,55,56,57,58,59,60,61,62);;/q;2*+1. The topological polar surface area (TPSA) is 350 Å². The van der Waals surface area contributed by atoms with Gasteiger partial charge < -0.3 is 19.3 Å². The maximum atomic E-state index is 13.3. The van der Waals surface area contributed by atoms with Gasteiger partial charge in [0.25, 0.3) is 11.8 Å². The first kappa shape index (κ1) is 50.4. The number of aliphatic hydroxyl groups excluding tert-OH is 2. The van der Waals surface area contributed by atoms with Gasteiger partial charge in [0.15, 0.2) is 21.3 Å². The summed E-state index contributed by atoms with van der Waals surface area (Å²) in [6.07, 6.45) is 19.6. The van der Waals surface area contributed by atoms with Gasteiger partial charge in [-0.1, -0.05) is 6.07 Å². The Morgan fingerprint density at radius 2 is 0.848 bits per heavy atom. The minimum atomic E-state index is -5.26. The maximum absolute atomic E-state index is 13.3. The van der Waals surface area contributed by atoms with Crippen molar-refractivity contribution < 1.29 is 135 Å². The van der Waals surface area contributed by atoms with Crippen LogP contribution in [0.5, 0.6) is 0 Å². The molecule has 0 aromatic heterocycles. The molecular weight excluding hydrogens is 927 g/mol. The van der Waals surface area contributed by atoms with E-state index in [1.54, 1.807) is 0 Å². The second-order valence-electron chi connectivity index (χ2n) is 13.3. The van der Waals surface area contributed by atoms with Gasteiger partial charge in [0.05, 0.1) is 32.7 Å². The Hall–Kier alpha value is -6.58. The molecule has 6 aliphatic carbocycles. The molecule has 0 radical (unpaired) electrons. The summed E-state index contributed by atoms with van der Waals surface area (Å²) >= 11 is 0. The van der Waals surface area contributed by atoms with Crippen LogP contribution >= 0.6 is 0 Å². The molecule has 0 atom stereocenters. The maximum Gasteiger partial charge on any atom is 1.00 e. The van der Waals surface area contributed by atoms with Gasteiger partial charge in [0.2, 0.25) is 0 Å². The van der Waals surface area contributed by atoms with E-state index in [-0.39, 0.29) is 137 Å². The van der Waals surface area contributed by atoms with Gasteiger partial charge in [-0.2, -0.15) is 10.2 Å². The fraction of sp³-hybridized carbons (Fsp3) is 0. The minimum Gasteiger partial charge on any atom is -0.744 e. The van der Waals surface area contributed by atoms with Crippen molar-refractivity contribution in [1.29, 1.82) is 0 Å². The molecule has 6 N–H and O–H groups in total. The van der Waals surface area contributed by atoms with Crippen LogP contribution in [0.4, 0.5) is 0 Å². The smallest absolute Gasteiger partial charge is 0.744 e. The number of aliphatic imine (C=N–C) groups is 2. The molecule has 0 fully saturated rings. The van der Waals surface area contributed by atoms with Gasteiger partial charge in [0.1, 0.15) is 31.7 Å². The number of rotatable bonds is 6. The Bertz CT molecular complexity index is 3040. The first-order chi connectivity index (χ1) is 30.3. The fourth-order valence-corrected chi connectivity index (χ4v) is 7.35. The summed E-state index contributed by atoms with van der Waals surface area (Å²) in [7, 11) is -10.5. The van der Waals surface area contributed by atoms with E-state index < -0.39 is 64.8 Å². The Labute approximate surface area is 416 Å². The molecule has 6 aliphatic rings. The molecule has 1 aromatic rings. The van der Waals surface area contributed by atoms with Gasteiger partial charge in [-0.3, -0.25) is 9.59 Å². The summed E-state index contributed by atoms with van der Waals surface area (Å²) in [6, 6.07) is 5.25. The van der Waals surface area contributed by atoms with Crippen molar-refractivity contribution in [2.75, 3.05) is 0 Å². The molecule has 7 rings (SSSR count). The second-order valence-corrected chi connectivity index (χ2v) is 16.0. The average Bonchev–Trinajstić information content (AvgIpc) is 3.25. The van der Waals surface area contributed by atoms with E-state index >= 15 is 0 Å². The third-order valence-electron chi connectivity index (χ3n) is 9.12. The van der Waals surface area contributed by atoms with Gasteiger partial charge >= 0.3 is 70.5 Å². The fourth-order valence-electron chi connectivity index (χ4n) is 6.06. The van der Waals surface area contributed by atoms with Crippen LogP contribution in [0, 0.1) is 0 Å². The van der Waals surface area contributed by atoms with E-state index in [9.17, 15) is 45.7 Å². The first-order valence-electron chi connectivity index (χ1n) is 17.8. The second kappa shape index (κ2) is 20.3. The number of carbonyl (C=O) groups is 2. The minimum absolute atomic E-state index is 0. The quantitative estimate of drug-likeness (QED) is 0.0535. The predicted octanol–water partition coefficient (Wildman–Crippen LogP) is -3.33. The molecule has 0 unspecified atom stereocenters. The molecular formula is C40H26N8Na2O14S2+2. The van der Waals surface area contributed by atoms with Crippen LogP contribution in [0.1, 0.15) is 20.7 Å². The summed E-state index contributed by atoms with van der Waals surface area (Å²) in [5.74, 6) is -3.19. The molecule has 0 saturated carbocycles. The largest absolute Gasteiger partial charge is 1.00 e. The van der Waals surface area contributed by atoms with E-state index in [2.05, 4.69) is 30.4 Å². The number of carbonyl (C=O) groups excluding carboxylic acids is 2. The molecule has 0 heterocycles. The summed E-state index contributed by atoms with van der Waals surface area (Å²) in [5.41, 5.74) is -1.48. The van der Waals surface area contributed by atoms with Crippen LogP contribution in [0.15, 0.2) is 195 Å². The first-order valence-corrected chi connectivity index (χ1v) is 20.6. The number of allylic oxidation sites excluding steroid dienone is 22. The molecule has 66 heavy (non-hydrogen) atoms. The van der Waals surface area contributed by atoms with Crippen molar-refractivity contribution in [3.8, 4) is 0 Å². The predicted molar refractivity (Wildman–Crippen MR) is 223 cm³/mol. The Morgan fingerprint density at radius 3 is 1.18 bits per heavy atom. The van der Waals surface area contributed by atoms with E-state index in [4.69, 9.17) is 20.8 Å². The van der Waals surface area contributed by atoms with Crippen LogP contribution < -0.4 is 59.1 Å². The van der Waals surface area contributed by atoms with Crippen LogP contribution in [0.2, 0.25) is 0 Å². The van der Waals surface area contributed by atoms with E-state index in [1.807, 2.05) is 0 Å². The summed E-state index contributed by atoms with van der Waals surface area (Å²) in [4.78, 5) is 32.5.